The second-order valence-corrected chi connectivity index (χ2v) is 8.39. The molecule has 24 heavy (non-hydrogen) atoms. The molecule has 1 heterocycles. The Kier molecular flexibility index (Phi) is 3.10. The zero-order chi connectivity index (χ0) is 16.1. The van der Waals surface area contributed by atoms with Crippen LogP contribution in [0.5, 0.6) is 0 Å². The van der Waals surface area contributed by atoms with Crippen LogP contribution in [0.25, 0.3) is 0 Å². The number of aromatic nitrogens is 2. The maximum atomic E-state index is 8.96. The Morgan fingerprint density at radius 2 is 1.67 bits per heavy atom. The number of rotatable bonds is 3. The summed E-state index contributed by atoms with van der Waals surface area (Å²) in [5.74, 6) is 4.15. The normalized spacial score (nSPS) is 33.5. The van der Waals surface area contributed by atoms with E-state index in [1.165, 1.54) is 49.9 Å². The van der Waals surface area contributed by atoms with E-state index in [-0.39, 0.29) is 0 Å². The van der Waals surface area contributed by atoms with Gasteiger partial charge in [0.2, 0.25) is 0 Å². The second kappa shape index (κ2) is 5.21. The van der Waals surface area contributed by atoms with Crippen molar-refractivity contribution in [2.45, 2.75) is 50.5 Å². The van der Waals surface area contributed by atoms with Crippen molar-refractivity contribution in [2.24, 2.45) is 17.8 Å². The van der Waals surface area contributed by atoms with Crippen molar-refractivity contribution in [1.29, 1.82) is 5.26 Å². The lowest BCUT2D eigenvalue weighted by atomic mass is 9.49. The molecule has 2 aromatic rings. The molecular formula is C21H23N3. The summed E-state index contributed by atoms with van der Waals surface area (Å²) in [5, 5.41) is 8.96. The maximum Gasteiger partial charge on any atom is 0.115 e. The van der Waals surface area contributed by atoms with Crippen LogP contribution in [-0.4, -0.2) is 9.55 Å². The lowest BCUT2D eigenvalue weighted by Crippen LogP contribution is -2.49. The SMILES string of the molecule is N#Cc1ccc(Cn2ccnc2C23CC4CC(CC(C4)C2)C3)cc1. The van der Waals surface area contributed by atoms with Crippen LogP contribution >= 0.6 is 0 Å². The van der Waals surface area contributed by atoms with Gasteiger partial charge >= 0.3 is 0 Å². The summed E-state index contributed by atoms with van der Waals surface area (Å²) < 4.78 is 2.37. The summed E-state index contributed by atoms with van der Waals surface area (Å²) in [6, 6.07) is 10.2. The van der Waals surface area contributed by atoms with Gasteiger partial charge in [0, 0.05) is 24.4 Å². The van der Waals surface area contributed by atoms with E-state index in [2.05, 4.69) is 29.0 Å². The number of nitrogens with zero attached hydrogens (tertiary/aromatic N) is 3. The van der Waals surface area contributed by atoms with Crippen LogP contribution in [0, 0.1) is 29.1 Å². The first-order valence-electron chi connectivity index (χ1n) is 9.25. The van der Waals surface area contributed by atoms with Crippen molar-refractivity contribution in [2.75, 3.05) is 0 Å². The quantitative estimate of drug-likeness (QED) is 0.848. The highest BCUT2D eigenvalue weighted by molar-refractivity contribution is 5.32. The Bertz CT molecular complexity index is 758. The van der Waals surface area contributed by atoms with Crippen molar-refractivity contribution in [3.05, 3.63) is 53.6 Å². The topological polar surface area (TPSA) is 41.6 Å². The van der Waals surface area contributed by atoms with E-state index in [4.69, 9.17) is 10.2 Å². The van der Waals surface area contributed by atoms with E-state index < -0.39 is 0 Å². The number of benzene rings is 1. The summed E-state index contributed by atoms with van der Waals surface area (Å²) in [7, 11) is 0. The molecule has 0 aliphatic heterocycles. The predicted octanol–water partition coefficient (Wildman–Crippen LogP) is 4.27. The van der Waals surface area contributed by atoms with Gasteiger partial charge in [0.15, 0.2) is 0 Å². The van der Waals surface area contributed by atoms with Crippen LogP contribution in [0.1, 0.15) is 55.5 Å². The minimum Gasteiger partial charge on any atom is -0.330 e. The van der Waals surface area contributed by atoms with E-state index in [9.17, 15) is 0 Å². The van der Waals surface area contributed by atoms with Crippen LogP contribution in [0.4, 0.5) is 0 Å². The Morgan fingerprint density at radius 3 is 2.25 bits per heavy atom. The van der Waals surface area contributed by atoms with Gasteiger partial charge in [0.25, 0.3) is 0 Å². The van der Waals surface area contributed by atoms with Gasteiger partial charge < -0.3 is 4.57 Å². The molecule has 4 aliphatic rings. The smallest absolute Gasteiger partial charge is 0.115 e. The van der Waals surface area contributed by atoms with E-state index in [0.717, 1.165) is 29.9 Å². The van der Waals surface area contributed by atoms with E-state index >= 15 is 0 Å². The van der Waals surface area contributed by atoms with Crippen molar-refractivity contribution in [3.63, 3.8) is 0 Å². The summed E-state index contributed by atoms with van der Waals surface area (Å²) in [5.41, 5.74) is 2.31. The Balaban J connectivity index is 1.46. The molecule has 0 amide bonds. The van der Waals surface area contributed by atoms with Crippen LogP contribution in [0.3, 0.4) is 0 Å². The fourth-order valence-electron chi connectivity index (χ4n) is 6.16. The minimum atomic E-state index is 0.338. The highest BCUT2D eigenvalue weighted by atomic mass is 15.1. The minimum absolute atomic E-state index is 0.338. The fraction of sp³-hybridized carbons (Fsp3) is 0.524. The molecule has 4 fully saturated rings. The first kappa shape index (κ1) is 14.3. The summed E-state index contributed by atoms with van der Waals surface area (Å²) >= 11 is 0. The average molecular weight is 317 g/mol. The number of nitriles is 1. The molecule has 0 atom stereocenters. The zero-order valence-electron chi connectivity index (χ0n) is 14.0. The highest BCUT2D eigenvalue weighted by Crippen LogP contribution is 2.60. The first-order valence-corrected chi connectivity index (χ1v) is 9.25. The van der Waals surface area contributed by atoms with Gasteiger partial charge in [0.1, 0.15) is 5.82 Å². The largest absolute Gasteiger partial charge is 0.330 e. The molecular weight excluding hydrogens is 294 g/mol. The molecule has 3 heteroatoms. The fourth-order valence-corrected chi connectivity index (χ4v) is 6.16. The molecule has 1 aromatic carbocycles. The molecule has 4 bridgehead atoms. The molecule has 0 N–H and O–H groups in total. The summed E-state index contributed by atoms with van der Waals surface area (Å²) in [6.45, 7) is 0.864. The van der Waals surface area contributed by atoms with Gasteiger partial charge in [-0.3, -0.25) is 0 Å². The van der Waals surface area contributed by atoms with Crippen LogP contribution < -0.4 is 0 Å². The summed E-state index contributed by atoms with van der Waals surface area (Å²) in [6.07, 6.45) is 12.6. The first-order chi connectivity index (χ1) is 11.7. The lowest BCUT2D eigenvalue weighted by molar-refractivity contribution is -0.0108. The third-order valence-electron chi connectivity index (χ3n) is 6.66. The molecule has 4 saturated carbocycles. The molecule has 0 spiro atoms. The lowest BCUT2D eigenvalue weighted by Gasteiger charge is -2.56. The van der Waals surface area contributed by atoms with Crippen molar-refractivity contribution in [1.82, 2.24) is 9.55 Å². The zero-order valence-corrected chi connectivity index (χ0v) is 14.0. The van der Waals surface area contributed by atoms with Gasteiger partial charge in [-0.1, -0.05) is 12.1 Å². The Labute approximate surface area is 143 Å². The number of hydrogen-bond donors (Lipinski definition) is 0. The van der Waals surface area contributed by atoms with E-state index in [0.29, 0.717) is 5.41 Å². The molecule has 0 radical (unpaired) electrons. The van der Waals surface area contributed by atoms with Crippen LogP contribution in [-0.2, 0) is 12.0 Å². The standard InChI is InChI=1S/C21H23N3/c22-13-15-1-3-16(4-2-15)14-24-6-5-23-20(24)21-10-17-7-18(11-21)9-19(8-17)12-21/h1-6,17-19H,7-12,14H2. The monoisotopic (exact) mass is 317 g/mol. The van der Waals surface area contributed by atoms with Crippen LogP contribution in [0.15, 0.2) is 36.7 Å². The molecule has 4 aliphatic carbocycles. The molecule has 0 unspecified atom stereocenters. The second-order valence-electron chi connectivity index (χ2n) is 8.39. The van der Waals surface area contributed by atoms with Gasteiger partial charge in [0.05, 0.1) is 11.6 Å². The molecule has 122 valence electrons. The van der Waals surface area contributed by atoms with E-state index in [1.54, 1.807) is 0 Å². The molecule has 6 rings (SSSR count). The van der Waals surface area contributed by atoms with Crippen LogP contribution in [0.2, 0.25) is 0 Å². The maximum absolute atomic E-state index is 8.96. The molecule has 3 nitrogen and oxygen atoms in total. The molecule has 1 aromatic heterocycles. The van der Waals surface area contributed by atoms with Crippen molar-refractivity contribution >= 4 is 0 Å². The number of hydrogen-bond acceptors (Lipinski definition) is 2. The van der Waals surface area contributed by atoms with Gasteiger partial charge in [-0.25, -0.2) is 4.98 Å². The van der Waals surface area contributed by atoms with E-state index in [1.807, 2.05) is 18.3 Å². The van der Waals surface area contributed by atoms with Gasteiger partial charge in [-0.15, -0.1) is 0 Å². The van der Waals surface area contributed by atoms with Gasteiger partial charge in [-0.05, 0) is 74.0 Å². The third kappa shape index (κ3) is 2.20. The van der Waals surface area contributed by atoms with Crippen molar-refractivity contribution < 1.29 is 0 Å². The average Bonchev–Trinajstić information content (AvgIpc) is 3.03. The van der Waals surface area contributed by atoms with Gasteiger partial charge in [-0.2, -0.15) is 5.26 Å². The summed E-state index contributed by atoms with van der Waals surface area (Å²) in [4.78, 5) is 4.85. The number of imidazole rings is 1. The third-order valence-corrected chi connectivity index (χ3v) is 6.66. The van der Waals surface area contributed by atoms with Crippen molar-refractivity contribution in [3.8, 4) is 6.07 Å². The Morgan fingerprint density at radius 1 is 1.04 bits per heavy atom. The Hall–Kier alpha value is -2.08. The highest BCUT2D eigenvalue weighted by Gasteiger charge is 2.53. The molecule has 0 saturated heterocycles. The predicted molar refractivity (Wildman–Crippen MR) is 92.3 cm³/mol.